The summed E-state index contributed by atoms with van der Waals surface area (Å²) in [5.74, 6) is 1.10. The fourth-order valence-electron chi connectivity index (χ4n) is 5.80. The SMILES string of the molecule is COc1ccc(C2(C(=O)N3CCN(CCO)CC3)NC(c3ccc(Cl)cc3)C(c3ccc(Cl)cc3)N2)c(OC(C)C)c1. The Bertz CT molecular complexity index is 1310. The van der Waals surface area contributed by atoms with Crippen LogP contribution in [-0.2, 0) is 10.5 Å². The largest absolute Gasteiger partial charge is 0.497 e. The second-order valence-electron chi connectivity index (χ2n) is 11.0. The molecule has 2 saturated heterocycles. The molecule has 2 unspecified atom stereocenters. The molecule has 1 amide bonds. The van der Waals surface area contributed by atoms with E-state index in [0.717, 1.165) is 11.1 Å². The lowest BCUT2D eigenvalue weighted by Crippen LogP contribution is -2.62. The molecule has 0 aliphatic carbocycles. The van der Waals surface area contributed by atoms with E-state index in [1.807, 2.05) is 85.5 Å². The molecule has 0 spiro atoms. The van der Waals surface area contributed by atoms with Crippen LogP contribution in [0.15, 0.2) is 66.7 Å². The van der Waals surface area contributed by atoms with Gasteiger partial charge in [-0.3, -0.25) is 20.3 Å². The van der Waals surface area contributed by atoms with Crippen LogP contribution in [0.2, 0.25) is 10.0 Å². The van der Waals surface area contributed by atoms with Crippen molar-refractivity contribution in [2.24, 2.45) is 0 Å². The first-order valence-electron chi connectivity index (χ1n) is 14.3. The van der Waals surface area contributed by atoms with Crippen molar-refractivity contribution in [1.29, 1.82) is 0 Å². The van der Waals surface area contributed by atoms with Crippen molar-refractivity contribution in [2.75, 3.05) is 46.4 Å². The third kappa shape index (κ3) is 6.39. The lowest BCUT2D eigenvalue weighted by molar-refractivity contribution is -0.141. The highest BCUT2D eigenvalue weighted by molar-refractivity contribution is 6.30. The molecule has 0 radical (unpaired) electrons. The number of aliphatic hydroxyl groups excluding tert-OH is 1. The van der Waals surface area contributed by atoms with E-state index in [1.54, 1.807) is 7.11 Å². The van der Waals surface area contributed by atoms with Crippen LogP contribution >= 0.6 is 23.2 Å². The summed E-state index contributed by atoms with van der Waals surface area (Å²) in [6.07, 6.45) is -0.134. The fourth-order valence-corrected chi connectivity index (χ4v) is 6.06. The van der Waals surface area contributed by atoms with Gasteiger partial charge in [-0.05, 0) is 61.4 Å². The molecule has 5 rings (SSSR count). The number of halogens is 2. The minimum absolute atomic E-state index is 0.0916. The normalized spacial score (nSPS) is 22.9. The number of piperazine rings is 1. The number of hydrogen-bond donors (Lipinski definition) is 3. The van der Waals surface area contributed by atoms with Gasteiger partial charge in [0.05, 0.1) is 31.9 Å². The van der Waals surface area contributed by atoms with Crippen LogP contribution in [0.1, 0.15) is 42.6 Å². The summed E-state index contributed by atoms with van der Waals surface area (Å²) in [6.45, 7) is 7.04. The van der Waals surface area contributed by atoms with Crippen LogP contribution in [0.4, 0.5) is 0 Å². The summed E-state index contributed by atoms with van der Waals surface area (Å²) in [6, 6.07) is 20.4. The third-order valence-electron chi connectivity index (χ3n) is 7.89. The minimum Gasteiger partial charge on any atom is -0.497 e. The number of hydrogen-bond acceptors (Lipinski definition) is 7. The average molecular weight is 614 g/mol. The van der Waals surface area contributed by atoms with Gasteiger partial charge in [0.25, 0.3) is 5.91 Å². The molecule has 2 aliphatic heterocycles. The molecular formula is C32H38Cl2N4O4. The fraction of sp³-hybridized carbons (Fsp3) is 0.406. The Morgan fingerprint density at radius 2 is 1.48 bits per heavy atom. The van der Waals surface area contributed by atoms with E-state index in [0.29, 0.717) is 59.8 Å². The lowest BCUT2D eigenvalue weighted by Gasteiger charge is -2.40. The number of nitrogens with one attached hydrogen (secondary N) is 2. The molecule has 2 aliphatic rings. The Balaban J connectivity index is 1.64. The molecular weight excluding hydrogens is 575 g/mol. The molecule has 0 bridgehead atoms. The Morgan fingerprint density at radius 3 is 1.95 bits per heavy atom. The van der Waals surface area contributed by atoms with Crippen molar-refractivity contribution < 1.29 is 19.4 Å². The summed E-state index contributed by atoms with van der Waals surface area (Å²) in [4.78, 5) is 18.9. The zero-order valence-electron chi connectivity index (χ0n) is 24.1. The smallest absolute Gasteiger partial charge is 0.262 e. The number of amides is 1. The number of aliphatic hydroxyl groups is 1. The summed E-state index contributed by atoms with van der Waals surface area (Å²) in [5, 5.41) is 18.2. The predicted molar refractivity (Wildman–Crippen MR) is 165 cm³/mol. The zero-order chi connectivity index (χ0) is 29.9. The first-order chi connectivity index (χ1) is 20.2. The van der Waals surface area contributed by atoms with Crippen molar-refractivity contribution in [3.05, 3.63) is 93.5 Å². The summed E-state index contributed by atoms with van der Waals surface area (Å²) < 4.78 is 11.9. The first-order valence-corrected chi connectivity index (χ1v) is 15.0. The molecule has 2 atom stereocenters. The molecule has 0 aromatic heterocycles. The molecule has 0 saturated carbocycles. The summed E-state index contributed by atoms with van der Waals surface area (Å²) in [7, 11) is 1.61. The summed E-state index contributed by atoms with van der Waals surface area (Å²) in [5.41, 5.74) is 1.31. The van der Waals surface area contributed by atoms with E-state index in [1.165, 1.54) is 0 Å². The molecule has 10 heteroatoms. The molecule has 42 heavy (non-hydrogen) atoms. The monoisotopic (exact) mass is 612 g/mol. The first kappa shape index (κ1) is 30.6. The van der Waals surface area contributed by atoms with E-state index < -0.39 is 5.66 Å². The molecule has 3 aromatic carbocycles. The number of ether oxygens (including phenoxy) is 2. The highest BCUT2D eigenvalue weighted by atomic mass is 35.5. The Labute approximate surface area is 257 Å². The number of carbonyl (C=O) groups excluding carboxylic acids is 1. The maximum absolute atomic E-state index is 14.8. The number of carbonyl (C=O) groups is 1. The van der Waals surface area contributed by atoms with Gasteiger partial charge in [-0.25, -0.2) is 0 Å². The van der Waals surface area contributed by atoms with Gasteiger partial charge in [-0.2, -0.15) is 0 Å². The number of rotatable bonds is 9. The van der Waals surface area contributed by atoms with Crippen molar-refractivity contribution >= 4 is 29.1 Å². The van der Waals surface area contributed by atoms with Gasteiger partial charge in [0, 0.05) is 54.4 Å². The second kappa shape index (κ2) is 13.2. The standard InChI is InChI=1S/C32H38Cl2N4O4/c1-21(2)42-28-20-26(41-3)12-13-27(28)32(31(40)38-16-14-37(15-17-38)18-19-39)35-29(22-4-8-24(33)9-5-22)30(36-32)23-6-10-25(34)11-7-23/h4-13,20-21,29-30,35-36,39H,14-19H2,1-3H3. The quantitative estimate of drug-likeness (QED) is 0.321. The van der Waals surface area contributed by atoms with Crippen LogP contribution in [0, 0.1) is 0 Å². The van der Waals surface area contributed by atoms with E-state index in [-0.39, 0.29) is 30.7 Å². The van der Waals surface area contributed by atoms with Crippen molar-refractivity contribution in [3.63, 3.8) is 0 Å². The van der Waals surface area contributed by atoms with Crippen molar-refractivity contribution in [2.45, 2.75) is 37.7 Å². The van der Waals surface area contributed by atoms with Gasteiger partial charge in [0.15, 0.2) is 5.66 Å². The van der Waals surface area contributed by atoms with Gasteiger partial charge >= 0.3 is 0 Å². The summed E-state index contributed by atoms with van der Waals surface area (Å²) >= 11 is 12.5. The van der Waals surface area contributed by atoms with E-state index >= 15 is 0 Å². The molecule has 8 nitrogen and oxygen atoms in total. The van der Waals surface area contributed by atoms with E-state index in [9.17, 15) is 9.90 Å². The predicted octanol–water partition coefficient (Wildman–Crippen LogP) is 4.75. The van der Waals surface area contributed by atoms with Gasteiger partial charge < -0.3 is 19.5 Å². The average Bonchev–Trinajstić information content (AvgIpc) is 3.39. The third-order valence-corrected chi connectivity index (χ3v) is 8.39. The van der Waals surface area contributed by atoms with E-state index in [2.05, 4.69) is 15.5 Å². The van der Waals surface area contributed by atoms with E-state index in [4.69, 9.17) is 32.7 Å². The van der Waals surface area contributed by atoms with Crippen LogP contribution < -0.4 is 20.1 Å². The highest BCUT2D eigenvalue weighted by Gasteiger charge is 2.54. The van der Waals surface area contributed by atoms with Gasteiger partial charge in [0.1, 0.15) is 11.5 Å². The Morgan fingerprint density at radius 1 is 0.929 bits per heavy atom. The maximum Gasteiger partial charge on any atom is 0.262 e. The second-order valence-corrected chi connectivity index (χ2v) is 11.9. The molecule has 3 aromatic rings. The van der Waals surface area contributed by atoms with Gasteiger partial charge in [-0.1, -0.05) is 47.5 Å². The topological polar surface area (TPSA) is 86.3 Å². The minimum atomic E-state index is -1.33. The highest BCUT2D eigenvalue weighted by Crippen LogP contribution is 2.45. The number of β-amino-alcohol motifs (C(OH)–C–C–N with tert-alkyl or cyclic N) is 1. The van der Waals surface area contributed by atoms with Crippen LogP contribution in [0.25, 0.3) is 0 Å². The Kier molecular flexibility index (Phi) is 9.62. The number of nitrogens with zero attached hydrogens (tertiary/aromatic N) is 2. The lowest BCUT2D eigenvalue weighted by atomic mass is 9.95. The molecule has 2 heterocycles. The van der Waals surface area contributed by atoms with Crippen molar-refractivity contribution in [3.8, 4) is 11.5 Å². The number of methoxy groups -OCH3 is 1. The van der Waals surface area contributed by atoms with Gasteiger partial charge in [0.2, 0.25) is 0 Å². The van der Waals surface area contributed by atoms with Crippen molar-refractivity contribution in [1.82, 2.24) is 20.4 Å². The zero-order valence-corrected chi connectivity index (χ0v) is 25.7. The van der Waals surface area contributed by atoms with Crippen LogP contribution in [0.3, 0.4) is 0 Å². The maximum atomic E-state index is 14.8. The Hall–Kier alpha value is -2.85. The van der Waals surface area contributed by atoms with Crippen LogP contribution in [-0.4, -0.2) is 73.4 Å². The molecule has 3 N–H and O–H groups in total. The number of benzene rings is 3. The molecule has 224 valence electrons. The molecule has 2 fully saturated rings. The van der Waals surface area contributed by atoms with Gasteiger partial charge in [-0.15, -0.1) is 0 Å². The van der Waals surface area contributed by atoms with Crippen LogP contribution in [0.5, 0.6) is 11.5 Å².